The van der Waals surface area contributed by atoms with Gasteiger partial charge < -0.3 is 4.98 Å². The van der Waals surface area contributed by atoms with Gasteiger partial charge in [0.2, 0.25) is 0 Å². The van der Waals surface area contributed by atoms with E-state index in [4.69, 9.17) is 0 Å². The molecular weight excluding hydrogens is 350 g/mol. The first-order valence-corrected chi connectivity index (χ1v) is 9.75. The minimum atomic E-state index is 0.183. The van der Waals surface area contributed by atoms with Gasteiger partial charge in [0.15, 0.2) is 0 Å². The van der Waals surface area contributed by atoms with Crippen molar-refractivity contribution < 1.29 is 4.79 Å². The van der Waals surface area contributed by atoms with Crippen LogP contribution in [0.3, 0.4) is 0 Å². The van der Waals surface area contributed by atoms with Crippen LogP contribution < -0.4 is 0 Å². The highest BCUT2D eigenvalue weighted by Gasteiger charge is 2.14. The second-order valence-corrected chi connectivity index (χ2v) is 8.17. The third-order valence-corrected chi connectivity index (χ3v) is 6.04. The van der Waals surface area contributed by atoms with Crippen LogP contribution in [0.2, 0.25) is 0 Å². The molecule has 0 bridgehead atoms. The van der Waals surface area contributed by atoms with Crippen LogP contribution in [0.15, 0.2) is 35.8 Å². The minimum absolute atomic E-state index is 0.183. The van der Waals surface area contributed by atoms with Gasteiger partial charge in [-0.05, 0) is 25.5 Å². The molecule has 0 aliphatic rings. The monoisotopic (exact) mass is 367 g/mol. The number of hydrogen-bond acceptors (Lipinski definition) is 5. The second-order valence-electron chi connectivity index (χ2n) is 6.03. The van der Waals surface area contributed by atoms with Gasteiger partial charge in [-0.1, -0.05) is 18.2 Å². The minimum Gasteiger partial charge on any atom is -0.361 e. The van der Waals surface area contributed by atoms with Gasteiger partial charge in [0.1, 0.15) is 10.8 Å². The van der Waals surface area contributed by atoms with Crippen molar-refractivity contribution in [1.82, 2.24) is 15.0 Å². The van der Waals surface area contributed by atoms with Gasteiger partial charge in [-0.2, -0.15) is 0 Å². The van der Waals surface area contributed by atoms with Crippen molar-refractivity contribution in [1.29, 1.82) is 0 Å². The number of nitrogens with one attached hydrogen (secondary N) is 1. The summed E-state index contributed by atoms with van der Waals surface area (Å²) in [4.78, 5) is 25.9. The number of para-hydroxylation sites is 1. The fourth-order valence-electron chi connectivity index (χ4n) is 2.99. The first kappa shape index (κ1) is 16.2. The van der Waals surface area contributed by atoms with E-state index in [2.05, 4.69) is 15.0 Å². The summed E-state index contributed by atoms with van der Waals surface area (Å²) < 4.78 is 0. The Hall–Kier alpha value is -2.31. The number of nitrogens with zero attached hydrogens (tertiary/aromatic N) is 2. The van der Waals surface area contributed by atoms with Crippen molar-refractivity contribution >= 4 is 39.4 Å². The van der Waals surface area contributed by atoms with E-state index in [0.29, 0.717) is 12.8 Å². The summed E-state index contributed by atoms with van der Waals surface area (Å²) >= 11 is 3.19. The number of benzene rings is 1. The van der Waals surface area contributed by atoms with Crippen LogP contribution in [-0.4, -0.2) is 20.7 Å². The molecule has 3 heterocycles. The zero-order chi connectivity index (χ0) is 17.4. The van der Waals surface area contributed by atoms with Gasteiger partial charge in [0.25, 0.3) is 0 Å². The number of aromatic amines is 1. The van der Waals surface area contributed by atoms with Crippen LogP contribution in [0.4, 0.5) is 0 Å². The summed E-state index contributed by atoms with van der Waals surface area (Å²) in [6.07, 6.45) is 2.73. The smallest absolute Gasteiger partial charge is 0.144 e. The molecule has 1 N–H and O–H groups in total. The van der Waals surface area contributed by atoms with Crippen LogP contribution in [-0.2, 0) is 17.6 Å². The Balaban J connectivity index is 1.49. The van der Waals surface area contributed by atoms with E-state index in [1.165, 1.54) is 0 Å². The predicted molar refractivity (Wildman–Crippen MR) is 103 cm³/mol. The largest absolute Gasteiger partial charge is 0.361 e. The first-order chi connectivity index (χ1) is 12.1. The Kier molecular flexibility index (Phi) is 4.23. The lowest BCUT2D eigenvalue weighted by atomic mass is 10.1. The fourth-order valence-corrected chi connectivity index (χ4v) is 4.76. The molecule has 126 valence electrons. The van der Waals surface area contributed by atoms with E-state index < -0.39 is 0 Å². The lowest BCUT2D eigenvalue weighted by molar-refractivity contribution is -0.117. The molecule has 0 unspecified atom stereocenters. The quantitative estimate of drug-likeness (QED) is 0.555. The molecule has 0 radical (unpaired) electrons. The molecule has 0 aliphatic carbocycles. The van der Waals surface area contributed by atoms with Gasteiger partial charge in [0, 0.05) is 28.9 Å². The molecule has 1 aromatic carbocycles. The SMILES string of the molecule is Cc1nc(C)c(-c2csc(CC(=O)Cc3c[nH]c4ccccc34)n2)s1. The molecule has 0 atom stereocenters. The zero-order valence-electron chi connectivity index (χ0n) is 14.0. The van der Waals surface area contributed by atoms with E-state index in [-0.39, 0.29) is 5.78 Å². The third kappa shape index (κ3) is 3.27. The van der Waals surface area contributed by atoms with Gasteiger partial charge in [0.05, 0.1) is 27.7 Å². The van der Waals surface area contributed by atoms with Crippen molar-refractivity contribution in [3.05, 3.63) is 57.1 Å². The molecule has 6 heteroatoms. The number of thiazole rings is 2. The van der Waals surface area contributed by atoms with Crippen molar-refractivity contribution in [3.8, 4) is 10.6 Å². The molecule has 4 nitrogen and oxygen atoms in total. The van der Waals surface area contributed by atoms with Crippen LogP contribution in [0.25, 0.3) is 21.5 Å². The van der Waals surface area contributed by atoms with Gasteiger partial charge in [-0.3, -0.25) is 4.79 Å². The maximum atomic E-state index is 12.5. The molecule has 0 aliphatic heterocycles. The maximum absolute atomic E-state index is 12.5. The zero-order valence-corrected chi connectivity index (χ0v) is 15.6. The maximum Gasteiger partial charge on any atom is 0.144 e. The number of ketones is 1. The summed E-state index contributed by atoms with van der Waals surface area (Å²) in [7, 11) is 0. The number of hydrogen-bond donors (Lipinski definition) is 1. The molecular formula is C19H17N3OS2. The second kappa shape index (κ2) is 6.54. The van der Waals surface area contributed by atoms with Crippen LogP contribution in [0, 0.1) is 13.8 Å². The number of aromatic nitrogens is 3. The Morgan fingerprint density at radius 1 is 1.16 bits per heavy atom. The lowest BCUT2D eigenvalue weighted by Gasteiger charge is -1.98. The normalized spacial score (nSPS) is 11.3. The molecule has 0 spiro atoms. The van der Waals surface area contributed by atoms with Crippen LogP contribution in [0.5, 0.6) is 0 Å². The number of carbonyl (C=O) groups excluding carboxylic acids is 1. The topological polar surface area (TPSA) is 58.6 Å². The average Bonchev–Trinajstić information content (AvgIpc) is 3.27. The fraction of sp³-hybridized carbons (Fsp3) is 0.211. The summed E-state index contributed by atoms with van der Waals surface area (Å²) in [6.45, 7) is 4.00. The van der Waals surface area contributed by atoms with E-state index in [1.54, 1.807) is 22.7 Å². The Morgan fingerprint density at radius 3 is 2.80 bits per heavy atom. The Labute approximate surface area is 153 Å². The molecule has 25 heavy (non-hydrogen) atoms. The summed E-state index contributed by atoms with van der Waals surface area (Å²) in [6, 6.07) is 8.06. The molecule has 0 fully saturated rings. The summed E-state index contributed by atoms with van der Waals surface area (Å²) in [5.41, 5.74) is 4.05. The molecule has 3 aromatic heterocycles. The molecule has 0 saturated carbocycles. The number of Topliss-reactive ketones (excluding diaryl/α,β-unsaturated/α-hetero) is 1. The Bertz CT molecular complexity index is 1060. The first-order valence-electron chi connectivity index (χ1n) is 8.05. The number of aryl methyl sites for hydroxylation is 2. The summed E-state index contributed by atoms with van der Waals surface area (Å²) in [5.74, 6) is 0.183. The number of rotatable bonds is 5. The van der Waals surface area contributed by atoms with Gasteiger partial charge in [-0.25, -0.2) is 9.97 Å². The average molecular weight is 367 g/mol. The molecule has 4 aromatic rings. The van der Waals surface area contributed by atoms with Crippen LogP contribution >= 0.6 is 22.7 Å². The van der Waals surface area contributed by atoms with Crippen molar-refractivity contribution in [2.75, 3.05) is 0 Å². The molecule has 0 amide bonds. The highest BCUT2D eigenvalue weighted by molar-refractivity contribution is 7.16. The van der Waals surface area contributed by atoms with Crippen molar-refractivity contribution in [3.63, 3.8) is 0 Å². The number of carbonyl (C=O) groups is 1. The molecule has 4 rings (SSSR count). The highest BCUT2D eigenvalue weighted by atomic mass is 32.1. The van der Waals surface area contributed by atoms with E-state index in [9.17, 15) is 4.79 Å². The van der Waals surface area contributed by atoms with Crippen molar-refractivity contribution in [2.24, 2.45) is 0 Å². The Morgan fingerprint density at radius 2 is 2.00 bits per heavy atom. The number of H-pyrrole nitrogens is 1. The van der Waals surface area contributed by atoms with Crippen molar-refractivity contribution in [2.45, 2.75) is 26.7 Å². The standard InChI is InChI=1S/C19H17N3OS2/c1-11-19(25-12(2)21-11)17-10-24-18(22-17)8-14(23)7-13-9-20-16-6-4-3-5-15(13)16/h3-6,9-10,20H,7-8H2,1-2H3. The predicted octanol–water partition coefficient (Wildman–Crippen LogP) is 4.72. The van der Waals surface area contributed by atoms with Crippen LogP contribution in [0.1, 0.15) is 21.3 Å². The number of fused-ring (bicyclic) bond motifs is 1. The summed E-state index contributed by atoms with van der Waals surface area (Å²) in [5, 5.41) is 5.04. The third-order valence-electron chi connectivity index (χ3n) is 4.10. The van der Waals surface area contributed by atoms with E-state index in [0.717, 1.165) is 42.7 Å². The van der Waals surface area contributed by atoms with Gasteiger partial charge >= 0.3 is 0 Å². The van der Waals surface area contributed by atoms with E-state index in [1.807, 2.05) is 49.7 Å². The molecule has 0 saturated heterocycles. The van der Waals surface area contributed by atoms with E-state index >= 15 is 0 Å². The van der Waals surface area contributed by atoms with Gasteiger partial charge in [-0.15, -0.1) is 22.7 Å². The highest BCUT2D eigenvalue weighted by Crippen LogP contribution is 2.30. The lowest BCUT2D eigenvalue weighted by Crippen LogP contribution is -2.06.